The smallest absolute Gasteiger partial charge is 0.272 e. The zero-order chi connectivity index (χ0) is 13.8. The predicted octanol–water partition coefficient (Wildman–Crippen LogP) is 3.97. The van der Waals surface area contributed by atoms with E-state index in [0.717, 1.165) is 18.5 Å². The van der Waals surface area contributed by atoms with Crippen LogP contribution in [0.4, 0.5) is 15.8 Å². The van der Waals surface area contributed by atoms with Gasteiger partial charge in [0, 0.05) is 12.6 Å². The Balaban J connectivity index is 1.91. The number of hydrogen-bond acceptors (Lipinski definition) is 3. The summed E-state index contributed by atoms with van der Waals surface area (Å²) in [5, 5.41) is 13.6. The fourth-order valence-electron chi connectivity index (χ4n) is 2.55. The lowest BCUT2D eigenvalue weighted by Crippen LogP contribution is -2.20. The van der Waals surface area contributed by atoms with E-state index in [9.17, 15) is 14.5 Å². The number of benzene rings is 1. The summed E-state index contributed by atoms with van der Waals surface area (Å²) in [6.45, 7) is 3.00. The quantitative estimate of drug-likeness (QED) is 0.662. The Bertz CT molecular complexity index is 457. The summed E-state index contributed by atoms with van der Waals surface area (Å²) in [6.07, 6.45) is 4.80. The average Bonchev–Trinajstić information content (AvgIpc) is 2.39. The second kappa shape index (κ2) is 5.99. The largest absolute Gasteiger partial charge is 0.382 e. The van der Waals surface area contributed by atoms with Crippen molar-refractivity contribution in [1.29, 1.82) is 0 Å². The number of nitrogens with one attached hydrogen (secondary N) is 1. The molecule has 0 atom stereocenters. The average molecular weight is 266 g/mol. The van der Waals surface area contributed by atoms with Crippen molar-refractivity contribution in [2.45, 2.75) is 32.6 Å². The summed E-state index contributed by atoms with van der Waals surface area (Å²) in [5.41, 5.74) is 0.138. The molecule has 1 aromatic carbocycles. The van der Waals surface area contributed by atoms with E-state index < -0.39 is 10.7 Å². The lowest BCUT2D eigenvalue weighted by molar-refractivity contribution is -0.385. The van der Waals surface area contributed by atoms with Crippen LogP contribution >= 0.6 is 0 Å². The number of hydrogen-bond donors (Lipinski definition) is 1. The van der Waals surface area contributed by atoms with Gasteiger partial charge in [0.15, 0.2) is 5.82 Å². The van der Waals surface area contributed by atoms with Crippen LogP contribution in [0.1, 0.15) is 32.6 Å². The molecule has 2 rings (SSSR count). The Kier molecular flexibility index (Phi) is 4.35. The first kappa shape index (κ1) is 13.8. The summed E-state index contributed by atoms with van der Waals surface area (Å²) < 4.78 is 13.7. The number of nitro groups is 1. The molecule has 1 aliphatic carbocycles. The highest BCUT2D eigenvalue weighted by molar-refractivity contribution is 5.50. The molecule has 0 bridgehead atoms. The van der Waals surface area contributed by atoms with Gasteiger partial charge in [0.2, 0.25) is 0 Å². The highest BCUT2D eigenvalue weighted by Crippen LogP contribution is 2.29. The molecule has 0 amide bonds. The predicted molar refractivity (Wildman–Crippen MR) is 72.7 cm³/mol. The third-order valence-electron chi connectivity index (χ3n) is 3.88. The zero-order valence-corrected chi connectivity index (χ0v) is 11.1. The first-order valence-electron chi connectivity index (χ1n) is 6.74. The highest BCUT2D eigenvalue weighted by atomic mass is 19.1. The molecule has 0 unspecified atom stereocenters. The van der Waals surface area contributed by atoms with E-state index in [1.165, 1.54) is 37.8 Å². The van der Waals surface area contributed by atoms with Crippen molar-refractivity contribution in [3.63, 3.8) is 0 Å². The van der Waals surface area contributed by atoms with Crippen LogP contribution in [0.2, 0.25) is 0 Å². The van der Waals surface area contributed by atoms with Crippen LogP contribution in [-0.4, -0.2) is 11.5 Å². The van der Waals surface area contributed by atoms with Gasteiger partial charge in [-0.25, -0.2) is 4.39 Å². The standard InChI is InChI=1S/C14H19FN2O2/c1-10-2-4-11(5-3-10)9-16-14-7-6-12(17(18)19)8-13(14)15/h6-8,10-11,16H,2-5,9H2,1H3. The van der Waals surface area contributed by atoms with Crippen molar-refractivity contribution in [3.8, 4) is 0 Å². The number of rotatable bonds is 4. The maximum atomic E-state index is 13.7. The molecule has 1 N–H and O–H groups in total. The minimum atomic E-state index is -0.588. The molecule has 19 heavy (non-hydrogen) atoms. The van der Waals surface area contributed by atoms with E-state index in [1.54, 1.807) is 0 Å². The second-order valence-corrected chi connectivity index (χ2v) is 5.43. The molecule has 4 nitrogen and oxygen atoms in total. The van der Waals surface area contributed by atoms with Gasteiger partial charge < -0.3 is 5.32 Å². The lowest BCUT2D eigenvalue weighted by Gasteiger charge is -2.26. The zero-order valence-electron chi connectivity index (χ0n) is 11.1. The molecule has 0 heterocycles. The molecule has 104 valence electrons. The second-order valence-electron chi connectivity index (χ2n) is 5.43. The number of halogens is 1. The van der Waals surface area contributed by atoms with Crippen molar-refractivity contribution in [2.75, 3.05) is 11.9 Å². The van der Waals surface area contributed by atoms with Crippen LogP contribution in [0, 0.1) is 27.8 Å². The van der Waals surface area contributed by atoms with Gasteiger partial charge in [-0.1, -0.05) is 19.8 Å². The van der Waals surface area contributed by atoms with Crippen LogP contribution in [0.15, 0.2) is 18.2 Å². The Hall–Kier alpha value is -1.65. The van der Waals surface area contributed by atoms with Crippen LogP contribution in [0.3, 0.4) is 0 Å². The van der Waals surface area contributed by atoms with Gasteiger partial charge in [-0.05, 0) is 30.7 Å². The van der Waals surface area contributed by atoms with Crippen molar-refractivity contribution >= 4 is 11.4 Å². The summed E-state index contributed by atoms with van der Waals surface area (Å²) >= 11 is 0. The number of non-ortho nitro benzene ring substituents is 1. The van der Waals surface area contributed by atoms with Gasteiger partial charge in [-0.3, -0.25) is 10.1 Å². The Morgan fingerprint density at radius 3 is 2.63 bits per heavy atom. The monoisotopic (exact) mass is 266 g/mol. The number of nitro benzene ring substituents is 1. The molecular weight excluding hydrogens is 247 g/mol. The van der Waals surface area contributed by atoms with Crippen molar-refractivity contribution in [3.05, 3.63) is 34.1 Å². The van der Waals surface area contributed by atoms with E-state index in [4.69, 9.17) is 0 Å². The highest BCUT2D eigenvalue weighted by Gasteiger charge is 2.18. The molecule has 1 aromatic rings. The fourth-order valence-corrected chi connectivity index (χ4v) is 2.55. The normalized spacial score (nSPS) is 23.1. The van der Waals surface area contributed by atoms with E-state index in [1.807, 2.05) is 0 Å². The van der Waals surface area contributed by atoms with Gasteiger partial charge in [0.1, 0.15) is 0 Å². The summed E-state index contributed by atoms with van der Waals surface area (Å²) in [7, 11) is 0. The third kappa shape index (κ3) is 3.66. The molecule has 0 radical (unpaired) electrons. The van der Waals surface area contributed by atoms with Crippen LogP contribution in [0.25, 0.3) is 0 Å². The summed E-state index contributed by atoms with van der Waals surface area (Å²) in [6, 6.07) is 3.73. The molecule has 1 aliphatic rings. The minimum absolute atomic E-state index is 0.213. The Labute approximate surface area is 112 Å². The first-order valence-corrected chi connectivity index (χ1v) is 6.74. The van der Waals surface area contributed by atoms with Crippen LogP contribution in [0.5, 0.6) is 0 Å². The molecular formula is C14H19FN2O2. The van der Waals surface area contributed by atoms with Gasteiger partial charge in [-0.15, -0.1) is 0 Å². The van der Waals surface area contributed by atoms with Crippen molar-refractivity contribution in [1.82, 2.24) is 0 Å². The SMILES string of the molecule is CC1CCC(CNc2ccc([N+](=O)[O-])cc2F)CC1. The molecule has 5 heteroatoms. The molecule has 1 fully saturated rings. The number of nitrogens with zero attached hydrogens (tertiary/aromatic N) is 1. The molecule has 1 saturated carbocycles. The maximum absolute atomic E-state index is 13.7. The third-order valence-corrected chi connectivity index (χ3v) is 3.88. The van der Waals surface area contributed by atoms with E-state index in [-0.39, 0.29) is 5.69 Å². The summed E-state index contributed by atoms with van der Waals surface area (Å²) in [5.74, 6) is 0.816. The van der Waals surface area contributed by atoms with Gasteiger partial charge in [0.25, 0.3) is 5.69 Å². The van der Waals surface area contributed by atoms with E-state index in [2.05, 4.69) is 12.2 Å². The van der Waals surface area contributed by atoms with Crippen molar-refractivity contribution < 1.29 is 9.31 Å². The molecule has 0 aromatic heterocycles. The topological polar surface area (TPSA) is 55.2 Å². The molecule has 0 saturated heterocycles. The fraction of sp³-hybridized carbons (Fsp3) is 0.571. The van der Waals surface area contributed by atoms with Gasteiger partial charge in [-0.2, -0.15) is 0 Å². The Morgan fingerprint density at radius 2 is 2.05 bits per heavy atom. The maximum Gasteiger partial charge on any atom is 0.272 e. The van der Waals surface area contributed by atoms with E-state index in [0.29, 0.717) is 11.6 Å². The van der Waals surface area contributed by atoms with Crippen LogP contribution in [-0.2, 0) is 0 Å². The number of anilines is 1. The van der Waals surface area contributed by atoms with Crippen LogP contribution < -0.4 is 5.32 Å². The first-order chi connectivity index (χ1) is 9.06. The van der Waals surface area contributed by atoms with E-state index >= 15 is 0 Å². The molecule has 0 aliphatic heterocycles. The summed E-state index contributed by atoms with van der Waals surface area (Å²) in [4.78, 5) is 9.93. The Morgan fingerprint density at radius 1 is 1.37 bits per heavy atom. The lowest BCUT2D eigenvalue weighted by atomic mass is 9.83. The molecule has 0 spiro atoms. The minimum Gasteiger partial charge on any atom is -0.382 e. The van der Waals surface area contributed by atoms with Gasteiger partial charge >= 0.3 is 0 Å². The van der Waals surface area contributed by atoms with Crippen molar-refractivity contribution in [2.24, 2.45) is 11.8 Å². The van der Waals surface area contributed by atoms with Gasteiger partial charge in [0.05, 0.1) is 16.7 Å².